The Balaban J connectivity index is 2.24. The fourth-order valence-electron chi connectivity index (χ4n) is 1.61. The SMILES string of the molecule is Cc1cc(Cl)c(C(=O)Nc2cn(C)nc2C)cn1. The van der Waals surface area contributed by atoms with E-state index in [9.17, 15) is 4.79 Å². The maximum absolute atomic E-state index is 12.0. The van der Waals surface area contributed by atoms with E-state index < -0.39 is 0 Å². The van der Waals surface area contributed by atoms with Crippen molar-refractivity contribution in [1.82, 2.24) is 14.8 Å². The van der Waals surface area contributed by atoms with Gasteiger partial charge in [0.1, 0.15) is 0 Å². The molecule has 2 heterocycles. The Kier molecular flexibility index (Phi) is 3.34. The smallest absolute Gasteiger partial charge is 0.258 e. The molecule has 0 saturated heterocycles. The van der Waals surface area contributed by atoms with Crippen LogP contribution in [0, 0.1) is 13.8 Å². The van der Waals surface area contributed by atoms with Crippen LogP contribution in [0.3, 0.4) is 0 Å². The van der Waals surface area contributed by atoms with Crippen molar-refractivity contribution in [2.45, 2.75) is 13.8 Å². The van der Waals surface area contributed by atoms with Gasteiger partial charge in [0.15, 0.2) is 0 Å². The number of carbonyl (C=O) groups excluding carboxylic acids is 1. The molecule has 0 aliphatic heterocycles. The number of amides is 1. The Morgan fingerprint density at radius 3 is 2.72 bits per heavy atom. The van der Waals surface area contributed by atoms with E-state index in [0.29, 0.717) is 16.3 Å². The molecule has 0 fully saturated rings. The van der Waals surface area contributed by atoms with E-state index in [0.717, 1.165) is 11.4 Å². The average molecular weight is 265 g/mol. The molecule has 6 heteroatoms. The number of halogens is 1. The lowest BCUT2D eigenvalue weighted by Crippen LogP contribution is -2.13. The van der Waals surface area contributed by atoms with Crippen molar-refractivity contribution >= 4 is 23.2 Å². The van der Waals surface area contributed by atoms with Crippen molar-refractivity contribution < 1.29 is 4.79 Å². The Bertz CT molecular complexity index is 606. The number of nitrogens with one attached hydrogen (secondary N) is 1. The normalized spacial score (nSPS) is 10.4. The summed E-state index contributed by atoms with van der Waals surface area (Å²) in [6.45, 7) is 3.64. The summed E-state index contributed by atoms with van der Waals surface area (Å²) < 4.78 is 1.64. The Morgan fingerprint density at radius 2 is 2.17 bits per heavy atom. The molecule has 94 valence electrons. The Labute approximate surface area is 110 Å². The lowest BCUT2D eigenvalue weighted by atomic mass is 10.2. The molecule has 0 saturated carbocycles. The number of anilines is 1. The van der Waals surface area contributed by atoms with Gasteiger partial charge in [0.2, 0.25) is 0 Å². The topological polar surface area (TPSA) is 59.8 Å². The maximum Gasteiger partial charge on any atom is 0.258 e. The van der Waals surface area contributed by atoms with E-state index in [1.807, 2.05) is 13.8 Å². The number of nitrogens with zero attached hydrogens (tertiary/aromatic N) is 3. The minimum absolute atomic E-state index is 0.288. The van der Waals surface area contributed by atoms with Crippen molar-refractivity contribution in [2.75, 3.05) is 5.32 Å². The van der Waals surface area contributed by atoms with E-state index in [-0.39, 0.29) is 5.91 Å². The van der Waals surface area contributed by atoms with E-state index in [1.165, 1.54) is 6.20 Å². The first-order chi connectivity index (χ1) is 8.47. The molecule has 0 spiro atoms. The van der Waals surface area contributed by atoms with Gasteiger partial charge in [-0.1, -0.05) is 11.6 Å². The van der Waals surface area contributed by atoms with Crippen molar-refractivity contribution in [3.05, 3.63) is 40.4 Å². The molecule has 0 aromatic carbocycles. The third-order valence-electron chi connectivity index (χ3n) is 2.50. The van der Waals surface area contributed by atoms with Gasteiger partial charge in [-0.2, -0.15) is 5.10 Å². The standard InChI is InChI=1S/C12H13ClN4O/c1-7-4-10(13)9(5-14-7)12(18)15-11-6-17(3)16-8(11)2/h4-6H,1-3H3,(H,15,18). The second kappa shape index (κ2) is 4.78. The van der Waals surface area contributed by atoms with Gasteiger partial charge in [-0.25, -0.2) is 0 Å². The molecule has 0 aliphatic carbocycles. The average Bonchev–Trinajstić information content (AvgIpc) is 2.57. The third kappa shape index (κ3) is 2.51. The minimum Gasteiger partial charge on any atom is -0.319 e. The summed E-state index contributed by atoms with van der Waals surface area (Å²) in [4.78, 5) is 16.1. The van der Waals surface area contributed by atoms with Crippen LogP contribution >= 0.6 is 11.6 Å². The largest absolute Gasteiger partial charge is 0.319 e. The van der Waals surface area contributed by atoms with Crippen LogP contribution < -0.4 is 5.32 Å². The zero-order chi connectivity index (χ0) is 13.3. The fourth-order valence-corrected chi connectivity index (χ4v) is 1.90. The highest BCUT2D eigenvalue weighted by molar-refractivity contribution is 6.34. The molecule has 18 heavy (non-hydrogen) atoms. The van der Waals surface area contributed by atoms with Crippen LogP contribution in [0.1, 0.15) is 21.7 Å². The predicted octanol–water partition coefficient (Wildman–Crippen LogP) is 2.34. The second-order valence-corrected chi connectivity index (χ2v) is 4.47. The lowest BCUT2D eigenvalue weighted by molar-refractivity contribution is 0.102. The van der Waals surface area contributed by atoms with Crippen LogP contribution in [0.5, 0.6) is 0 Å². The van der Waals surface area contributed by atoms with E-state index >= 15 is 0 Å². The first-order valence-electron chi connectivity index (χ1n) is 5.41. The highest BCUT2D eigenvalue weighted by Crippen LogP contribution is 2.18. The molecule has 5 nitrogen and oxygen atoms in total. The molecule has 2 rings (SSSR count). The number of pyridine rings is 1. The van der Waals surface area contributed by atoms with Crippen molar-refractivity contribution in [2.24, 2.45) is 7.05 Å². The van der Waals surface area contributed by atoms with E-state index in [4.69, 9.17) is 11.6 Å². The highest BCUT2D eigenvalue weighted by atomic mass is 35.5. The molecule has 1 amide bonds. The van der Waals surface area contributed by atoms with Gasteiger partial charge in [-0.15, -0.1) is 0 Å². The monoisotopic (exact) mass is 264 g/mol. The van der Waals surface area contributed by atoms with Crippen molar-refractivity contribution in [1.29, 1.82) is 0 Å². The quantitative estimate of drug-likeness (QED) is 0.906. The number of hydrogen-bond acceptors (Lipinski definition) is 3. The molecule has 1 N–H and O–H groups in total. The van der Waals surface area contributed by atoms with Crippen LogP contribution in [-0.4, -0.2) is 20.7 Å². The predicted molar refractivity (Wildman–Crippen MR) is 69.9 cm³/mol. The van der Waals surface area contributed by atoms with E-state index in [1.54, 1.807) is 24.0 Å². The van der Waals surface area contributed by atoms with Crippen molar-refractivity contribution in [3.8, 4) is 0 Å². The summed E-state index contributed by atoms with van der Waals surface area (Å²) in [5.41, 5.74) is 2.54. The molecule has 0 radical (unpaired) electrons. The minimum atomic E-state index is -0.288. The highest BCUT2D eigenvalue weighted by Gasteiger charge is 2.13. The molecule has 2 aromatic heterocycles. The summed E-state index contributed by atoms with van der Waals surface area (Å²) in [5, 5.41) is 7.30. The first kappa shape index (κ1) is 12.6. The Hall–Kier alpha value is -1.88. The van der Waals surface area contributed by atoms with Crippen molar-refractivity contribution in [3.63, 3.8) is 0 Å². The number of carbonyl (C=O) groups is 1. The molecular formula is C12H13ClN4O. The van der Waals surface area contributed by atoms with Crippen LogP contribution in [0.15, 0.2) is 18.5 Å². The number of hydrogen-bond donors (Lipinski definition) is 1. The summed E-state index contributed by atoms with van der Waals surface area (Å²) in [6.07, 6.45) is 3.21. The Morgan fingerprint density at radius 1 is 1.44 bits per heavy atom. The number of rotatable bonds is 2. The summed E-state index contributed by atoms with van der Waals surface area (Å²) >= 11 is 6.01. The van der Waals surface area contributed by atoms with Gasteiger partial charge < -0.3 is 5.32 Å². The third-order valence-corrected chi connectivity index (χ3v) is 2.81. The van der Waals surface area contributed by atoms with Gasteiger partial charge in [-0.3, -0.25) is 14.5 Å². The molecule has 0 atom stereocenters. The van der Waals surface area contributed by atoms with Gasteiger partial charge in [0, 0.05) is 25.1 Å². The lowest BCUT2D eigenvalue weighted by Gasteiger charge is -2.05. The van der Waals surface area contributed by atoms with Crippen LogP contribution in [-0.2, 0) is 7.05 Å². The molecule has 2 aromatic rings. The molecule has 0 unspecified atom stereocenters. The van der Waals surface area contributed by atoms with Crippen LogP contribution in [0.2, 0.25) is 5.02 Å². The van der Waals surface area contributed by atoms with Gasteiger partial charge in [0.25, 0.3) is 5.91 Å². The number of aromatic nitrogens is 3. The van der Waals surface area contributed by atoms with Gasteiger partial charge in [-0.05, 0) is 19.9 Å². The first-order valence-corrected chi connectivity index (χ1v) is 5.79. The van der Waals surface area contributed by atoms with Crippen LogP contribution in [0.4, 0.5) is 5.69 Å². The fraction of sp³-hybridized carbons (Fsp3) is 0.250. The molecular weight excluding hydrogens is 252 g/mol. The summed E-state index contributed by atoms with van der Waals surface area (Å²) in [6, 6.07) is 1.66. The van der Waals surface area contributed by atoms with Gasteiger partial charge >= 0.3 is 0 Å². The molecule has 0 bridgehead atoms. The zero-order valence-corrected chi connectivity index (χ0v) is 11.1. The zero-order valence-electron chi connectivity index (χ0n) is 10.4. The molecule has 0 aliphatic rings. The summed E-state index contributed by atoms with van der Waals surface area (Å²) in [5.74, 6) is -0.288. The number of aryl methyl sites for hydroxylation is 3. The van der Waals surface area contributed by atoms with E-state index in [2.05, 4.69) is 15.4 Å². The van der Waals surface area contributed by atoms with Crippen LogP contribution in [0.25, 0.3) is 0 Å². The van der Waals surface area contributed by atoms with Gasteiger partial charge in [0.05, 0.1) is 22.0 Å². The maximum atomic E-state index is 12.0. The second-order valence-electron chi connectivity index (χ2n) is 4.06. The summed E-state index contributed by atoms with van der Waals surface area (Å²) in [7, 11) is 1.79.